The molecule has 2 aromatic heterocycles. The molecular weight excluding hydrogens is 202 g/mol. The summed E-state index contributed by atoms with van der Waals surface area (Å²) >= 11 is 0. The van der Waals surface area contributed by atoms with Gasteiger partial charge in [0.15, 0.2) is 0 Å². The van der Waals surface area contributed by atoms with Gasteiger partial charge in [-0.25, -0.2) is 4.68 Å². The Morgan fingerprint density at radius 1 is 1.31 bits per heavy atom. The first-order valence-corrected chi connectivity index (χ1v) is 5.29. The molecule has 0 aliphatic carbocycles. The maximum atomic E-state index is 5.45. The van der Waals surface area contributed by atoms with Crippen LogP contribution in [0.15, 0.2) is 24.4 Å². The topological polar surface area (TPSA) is 69.6 Å². The van der Waals surface area contributed by atoms with Crippen LogP contribution in [-0.4, -0.2) is 26.5 Å². The van der Waals surface area contributed by atoms with E-state index in [1.54, 1.807) is 4.68 Å². The molecule has 2 rings (SSSR count). The molecule has 0 aromatic carbocycles. The second-order valence-electron chi connectivity index (χ2n) is 3.72. The third kappa shape index (κ3) is 2.64. The molecule has 2 N–H and O–H groups in total. The van der Waals surface area contributed by atoms with Gasteiger partial charge in [0.25, 0.3) is 0 Å². The predicted octanol–water partition coefficient (Wildman–Crippen LogP) is 0.531. The summed E-state index contributed by atoms with van der Waals surface area (Å²) in [6.45, 7) is 3.23. The van der Waals surface area contributed by atoms with Crippen molar-refractivity contribution in [3.05, 3.63) is 41.5 Å². The third-order valence-corrected chi connectivity index (χ3v) is 2.26. The van der Waals surface area contributed by atoms with E-state index in [0.29, 0.717) is 13.1 Å². The van der Waals surface area contributed by atoms with Gasteiger partial charge in [-0.2, -0.15) is 0 Å². The summed E-state index contributed by atoms with van der Waals surface area (Å²) in [5, 5.41) is 8.06. The Morgan fingerprint density at radius 3 is 2.94 bits per heavy atom. The third-order valence-electron chi connectivity index (χ3n) is 2.26. The molecule has 16 heavy (non-hydrogen) atoms. The summed E-state index contributed by atoms with van der Waals surface area (Å²) in [5.41, 5.74) is 8.38. The lowest BCUT2D eigenvalue weighted by Gasteiger charge is -2.00. The van der Waals surface area contributed by atoms with E-state index in [2.05, 4.69) is 15.3 Å². The minimum atomic E-state index is 0.599. The molecule has 0 amide bonds. The molecular formula is C11H15N5. The fourth-order valence-electron chi connectivity index (χ4n) is 1.53. The lowest BCUT2D eigenvalue weighted by Crippen LogP contribution is -2.03. The van der Waals surface area contributed by atoms with Gasteiger partial charge in [-0.1, -0.05) is 11.3 Å². The van der Waals surface area contributed by atoms with Gasteiger partial charge in [-0.05, 0) is 25.6 Å². The van der Waals surface area contributed by atoms with Crippen molar-refractivity contribution in [2.75, 3.05) is 6.54 Å². The van der Waals surface area contributed by atoms with E-state index < -0.39 is 0 Å². The lowest BCUT2D eigenvalue weighted by molar-refractivity contribution is 0.637. The van der Waals surface area contributed by atoms with Crippen molar-refractivity contribution < 1.29 is 0 Å². The van der Waals surface area contributed by atoms with Crippen molar-refractivity contribution in [2.45, 2.75) is 19.9 Å². The van der Waals surface area contributed by atoms with E-state index in [0.717, 1.165) is 23.5 Å². The Kier molecular flexibility index (Phi) is 3.26. The van der Waals surface area contributed by atoms with Crippen molar-refractivity contribution >= 4 is 0 Å². The molecule has 0 unspecified atom stereocenters. The highest BCUT2D eigenvalue weighted by Gasteiger charge is 2.01. The van der Waals surface area contributed by atoms with Crippen LogP contribution in [0.1, 0.15) is 17.1 Å². The fourth-order valence-corrected chi connectivity index (χ4v) is 1.53. The minimum absolute atomic E-state index is 0.599. The summed E-state index contributed by atoms with van der Waals surface area (Å²) in [6, 6.07) is 5.96. The van der Waals surface area contributed by atoms with Gasteiger partial charge in [0.05, 0.1) is 17.9 Å². The standard InChI is InChI=1S/C11H15N5/c1-9-3-2-4-10(13-9)7-16-8-11(5-6-12)14-15-16/h2-4,8H,5-7,12H2,1H3. The van der Waals surface area contributed by atoms with E-state index in [4.69, 9.17) is 5.73 Å². The Balaban J connectivity index is 2.08. The highest BCUT2D eigenvalue weighted by molar-refractivity contribution is 5.10. The van der Waals surface area contributed by atoms with Crippen molar-refractivity contribution in [3.8, 4) is 0 Å². The average Bonchev–Trinajstić information content (AvgIpc) is 2.66. The molecule has 0 saturated carbocycles. The Morgan fingerprint density at radius 2 is 2.19 bits per heavy atom. The second kappa shape index (κ2) is 4.85. The summed E-state index contributed by atoms with van der Waals surface area (Å²) < 4.78 is 1.78. The Hall–Kier alpha value is -1.75. The number of aromatic nitrogens is 4. The molecule has 0 radical (unpaired) electrons. The van der Waals surface area contributed by atoms with Crippen molar-refractivity contribution in [1.29, 1.82) is 0 Å². The van der Waals surface area contributed by atoms with Crippen LogP contribution >= 0.6 is 0 Å². The molecule has 0 bridgehead atoms. The van der Waals surface area contributed by atoms with E-state index >= 15 is 0 Å². The van der Waals surface area contributed by atoms with Gasteiger partial charge >= 0.3 is 0 Å². The van der Waals surface area contributed by atoms with Crippen LogP contribution in [0.4, 0.5) is 0 Å². The van der Waals surface area contributed by atoms with Gasteiger partial charge in [0.2, 0.25) is 0 Å². The highest BCUT2D eigenvalue weighted by atomic mass is 15.4. The summed E-state index contributed by atoms with van der Waals surface area (Å²) in [6.07, 6.45) is 2.68. The predicted molar refractivity (Wildman–Crippen MR) is 60.9 cm³/mol. The molecule has 0 aliphatic heterocycles. The first-order valence-electron chi connectivity index (χ1n) is 5.29. The molecule has 0 fully saturated rings. The molecule has 84 valence electrons. The SMILES string of the molecule is Cc1cccc(Cn2cc(CCN)nn2)n1. The molecule has 2 aromatic rings. The van der Waals surface area contributed by atoms with Crippen LogP contribution in [0, 0.1) is 6.92 Å². The van der Waals surface area contributed by atoms with Crippen molar-refractivity contribution in [2.24, 2.45) is 5.73 Å². The minimum Gasteiger partial charge on any atom is -0.330 e. The first kappa shape index (κ1) is 10.8. The lowest BCUT2D eigenvalue weighted by atomic mass is 10.3. The van der Waals surface area contributed by atoms with Gasteiger partial charge in [0, 0.05) is 18.3 Å². The normalized spacial score (nSPS) is 10.6. The summed E-state index contributed by atoms with van der Waals surface area (Å²) in [4.78, 5) is 4.41. The number of nitrogens with two attached hydrogens (primary N) is 1. The number of pyridine rings is 1. The Labute approximate surface area is 94.3 Å². The maximum Gasteiger partial charge on any atom is 0.0849 e. The largest absolute Gasteiger partial charge is 0.330 e. The molecule has 0 spiro atoms. The second-order valence-corrected chi connectivity index (χ2v) is 3.72. The first-order chi connectivity index (χ1) is 7.78. The monoisotopic (exact) mass is 217 g/mol. The number of hydrogen-bond acceptors (Lipinski definition) is 4. The summed E-state index contributed by atoms with van der Waals surface area (Å²) in [7, 11) is 0. The zero-order valence-electron chi connectivity index (χ0n) is 9.30. The summed E-state index contributed by atoms with van der Waals surface area (Å²) in [5.74, 6) is 0. The van der Waals surface area contributed by atoms with E-state index in [-0.39, 0.29) is 0 Å². The van der Waals surface area contributed by atoms with Gasteiger partial charge in [-0.3, -0.25) is 4.98 Å². The molecule has 5 nitrogen and oxygen atoms in total. The van der Waals surface area contributed by atoms with Crippen LogP contribution in [0.25, 0.3) is 0 Å². The van der Waals surface area contributed by atoms with Crippen LogP contribution in [0.5, 0.6) is 0 Å². The van der Waals surface area contributed by atoms with Gasteiger partial charge < -0.3 is 5.73 Å². The van der Waals surface area contributed by atoms with Gasteiger partial charge in [-0.15, -0.1) is 5.10 Å². The fraction of sp³-hybridized carbons (Fsp3) is 0.364. The average molecular weight is 217 g/mol. The quantitative estimate of drug-likeness (QED) is 0.811. The van der Waals surface area contributed by atoms with Gasteiger partial charge in [0.1, 0.15) is 0 Å². The van der Waals surface area contributed by atoms with E-state index in [9.17, 15) is 0 Å². The van der Waals surface area contributed by atoms with Crippen LogP contribution in [0.2, 0.25) is 0 Å². The smallest absolute Gasteiger partial charge is 0.0849 e. The Bertz CT molecular complexity index is 463. The maximum absolute atomic E-state index is 5.45. The number of aryl methyl sites for hydroxylation is 1. The van der Waals surface area contributed by atoms with E-state index in [1.807, 2.05) is 31.3 Å². The molecule has 5 heteroatoms. The van der Waals surface area contributed by atoms with Crippen molar-refractivity contribution in [3.63, 3.8) is 0 Å². The number of rotatable bonds is 4. The zero-order valence-corrected chi connectivity index (χ0v) is 9.30. The zero-order chi connectivity index (χ0) is 11.4. The van der Waals surface area contributed by atoms with Crippen molar-refractivity contribution in [1.82, 2.24) is 20.0 Å². The number of nitrogens with zero attached hydrogens (tertiary/aromatic N) is 4. The molecule has 0 atom stereocenters. The highest BCUT2D eigenvalue weighted by Crippen LogP contribution is 2.01. The molecule has 2 heterocycles. The van der Waals surface area contributed by atoms with E-state index in [1.165, 1.54) is 0 Å². The van der Waals surface area contributed by atoms with Crippen LogP contribution < -0.4 is 5.73 Å². The van der Waals surface area contributed by atoms with Crippen LogP contribution in [0.3, 0.4) is 0 Å². The molecule has 0 saturated heterocycles. The number of hydrogen-bond donors (Lipinski definition) is 1. The van der Waals surface area contributed by atoms with Crippen LogP contribution in [-0.2, 0) is 13.0 Å². The molecule has 0 aliphatic rings.